The minimum atomic E-state index is -4.88. The van der Waals surface area contributed by atoms with E-state index in [1.807, 2.05) is 15.9 Å². The highest BCUT2D eigenvalue weighted by atomic mass is 19.4. The van der Waals surface area contributed by atoms with E-state index in [0.717, 1.165) is 12.0 Å². The molecule has 1 aromatic rings. The zero-order valence-corrected chi connectivity index (χ0v) is 21.8. The average Bonchev–Trinajstić information content (AvgIpc) is 2.95. The SMILES string of the molecule is N#Cc1ccc(N2CCN(C(=O)CCOC[C@H](CN3CCOCC3)OC3=CN=NC(=O)C3C(F)(F)F)CC2)nc1. The van der Waals surface area contributed by atoms with Crippen molar-refractivity contribution in [2.45, 2.75) is 18.7 Å². The lowest BCUT2D eigenvalue weighted by Crippen LogP contribution is -2.49. The quantitative estimate of drug-likeness (QED) is 0.389. The summed E-state index contributed by atoms with van der Waals surface area (Å²) in [6.07, 6.45) is -3.30. The standard InChI is InChI=1S/C25H30F3N7O5/c26-25(27,28)23-20(15-31-32-24(23)37)40-19(16-33-8-11-38-12-9-33)17-39-10-3-22(36)35-6-4-34(5-7-35)21-2-1-18(13-29)14-30-21/h1-2,14-15,19,23H,3-12,16-17H2/t19-,23?/m0/s1. The van der Waals surface area contributed by atoms with Gasteiger partial charge in [-0.25, -0.2) is 4.98 Å². The number of piperazine rings is 1. The Kier molecular flexibility index (Phi) is 10.0. The molecule has 2 amide bonds. The van der Waals surface area contributed by atoms with Crippen LogP contribution in [0.15, 0.2) is 40.5 Å². The van der Waals surface area contributed by atoms with Crippen LogP contribution in [-0.2, 0) is 23.8 Å². The molecule has 2 saturated heterocycles. The predicted molar refractivity (Wildman–Crippen MR) is 133 cm³/mol. The number of azo groups is 1. The molecule has 12 nitrogen and oxygen atoms in total. The van der Waals surface area contributed by atoms with Gasteiger partial charge in [0.2, 0.25) is 5.91 Å². The van der Waals surface area contributed by atoms with Gasteiger partial charge in [-0.05, 0) is 12.1 Å². The van der Waals surface area contributed by atoms with Gasteiger partial charge in [0.1, 0.15) is 23.8 Å². The Morgan fingerprint density at radius 2 is 1.93 bits per heavy atom. The van der Waals surface area contributed by atoms with E-state index in [4.69, 9.17) is 19.5 Å². The average molecular weight is 566 g/mol. The fourth-order valence-corrected chi connectivity index (χ4v) is 4.54. The van der Waals surface area contributed by atoms with E-state index in [9.17, 15) is 22.8 Å². The van der Waals surface area contributed by atoms with Crippen LogP contribution in [0.3, 0.4) is 0 Å². The Labute approximate surface area is 229 Å². The summed E-state index contributed by atoms with van der Waals surface area (Å²) in [4.78, 5) is 34.6. The van der Waals surface area contributed by atoms with Gasteiger partial charge in [-0.2, -0.15) is 23.5 Å². The molecule has 0 saturated carbocycles. The van der Waals surface area contributed by atoms with E-state index in [0.29, 0.717) is 58.0 Å². The van der Waals surface area contributed by atoms with Crippen LogP contribution in [-0.4, -0.2) is 111 Å². The van der Waals surface area contributed by atoms with Crippen molar-refractivity contribution in [3.8, 4) is 6.07 Å². The minimum Gasteiger partial charge on any atom is -0.488 e. The van der Waals surface area contributed by atoms with Crippen molar-refractivity contribution in [1.82, 2.24) is 14.8 Å². The molecule has 0 radical (unpaired) electrons. The van der Waals surface area contributed by atoms with Gasteiger partial charge in [0.05, 0.1) is 44.6 Å². The van der Waals surface area contributed by atoms with Crippen LogP contribution in [0.2, 0.25) is 0 Å². The normalized spacial score (nSPS) is 21.1. The summed E-state index contributed by atoms with van der Waals surface area (Å²) in [5, 5.41) is 15.3. The van der Waals surface area contributed by atoms with Crippen LogP contribution in [0.1, 0.15) is 12.0 Å². The molecule has 2 fully saturated rings. The van der Waals surface area contributed by atoms with Gasteiger partial charge in [0.15, 0.2) is 5.92 Å². The number of pyridine rings is 1. The molecule has 0 aliphatic carbocycles. The van der Waals surface area contributed by atoms with E-state index < -0.39 is 29.9 Å². The van der Waals surface area contributed by atoms with Crippen molar-refractivity contribution >= 4 is 17.6 Å². The highest BCUT2D eigenvalue weighted by Gasteiger charge is 2.50. The number of nitrogens with zero attached hydrogens (tertiary/aromatic N) is 7. The number of rotatable bonds is 10. The lowest BCUT2D eigenvalue weighted by Gasteiger charge is -2.35. The largest absolute Gasteiger partial charge is 0.488 e. The number of hydrogen-bond acceptors (Lipinski definition) is 10. The Balaban J connectivity index is 1.26. The molecule has 40 heavy (non-hydrogen) atoms. The fraction of sp³-hybridized carbons (Fsp3) is 0.600. The number of anilines is 1. The molecule has 1 unspecified atom stereocenters. The summed E-state index contributed by atoms with van der Waals surface area (Å²) in [6, 6.07) is 5.50. The van der Waals surface area contributed by atoms with Crippen LogP contribution in [0, 0.1) is 17.2 Å². The van der Waals surface area contributed by atoms with Crippen molar-refractivity contribution in [1.29, 1.82) is 5.26 Å². The topological polar surface area (TPSA) is 133 Å². The maximum absolute atomic E-state index is 13.5. The first-order chi connectivity index (χ1) is 19.2. The van der Waals surface area contributed by atoms with Crippen molar-refractivity contribution in [2.75, 3.05) is 77.1 Å². The number of carbonyl (C=O) groups is 2. The number of ether oxygens (including phenoxy) is 3. The molecule has 4 heterocycles. The first-order valence-corrected chi connectivity index (χ1v) is 12.9. The number of morpholine rings is 1. The number of amides is 2. The number of halogens is 3. The first-order valence-electron chi connectivity index (χ1n) is 12.9. The van der Waals surface area contributed by atoms with E-state index in [1.54, 1.807) is 17.0 Å². The molecule has 4 rings (SSSR count). The van der Waals surface area contributed by atoms with Gasteiger partial charge in [-0.3, -0.25) is 14.5 Å². The number of alkyl halides is 3. The summed E-state index contributed by atoms with van der Waals surface area (Å²) >= 11 is 0. The van der Waals surface area contributed by atoms with E-state index >= 15 is 0 Å². The van der Waals surface area contributed by atoms with Gasteiger partial charge >= 0.3 is 6.18 Å². The maximum Gasteiger partial charge on any atom is 0.407 e. The smallest absolute Gasteiger partial charge is 0.407 e. The summed E-state index contributed by atoms with van der Waals surface area (Å²) < 4.78 is 57.2. The Morgan fingerprint density at radius 3 is 2.58 bits per heavy atom. The third-order valence-electron chi connectivity index (χ3n) is 6.67. The second-order valence-electron chi connectivity index (χ2n) is 9.42. The third kappa shape index (κ3) is 7.96. The minimum absolute atomic E-state index is 0.0551. The van der Waals surface area contributed by atoms with E-state index in [2.05, 4.69) is 15.2 Å². The number of aromatic nitrogens is 1. The molecule has 0 aromatic carbocycles. The molecule has 216 valence electrons. The highest BCUT2D eigenvalue weighted by molar-refractivity contribution is 5.83. The monoisotopic (exact) mass is 565 g/mol. The lowest BCUT2D eigenvalue weighted by atomic mass is 10.1. The summed E-state index contributed by atoms with van der Waals surface area (Å²) in [6.45, 7) is 4.50. The second kappa shape index (κ2) is 13.6. The van der Waals surface area contributed by atoms with Crippen molar-refractivity contribution in [3.63, 3.8) is 0 Å². The Hall–Kier alpha value is -3.61. The third-order valence-corrected chi connectivity index (χ3v) is 6.67. The van der Waals surface area contributed by atoms with Crippen LogP contribution in [0.5, 0.6) is 0 Å². The molecule has 1 aromatic heterocycles. The molecule has 3 aliphatic rings. The molecular weight excluding hydrogens is 535 g/mol. The van der Waals surface area contributed by atoms with Gasteiger partial charge in [-0.15, -0.1) is 5.11 Å². The van der Waals surface area contributed by atoms with Crippen molar-refractivity contribution < 1.29 is 37.0 Å². The number of carbonyl (C=O) groups excluding carboxylic acids is 2. The predicted octanol–water partition coefficient (Wildman–Crippen LogP) is 1.74. The molecule has 0 N–H and O–H groups in total. The van der Waals surface area contributed by atoms with Crippen LogP contribution >= 0.6 is 0 Å². The van der Waals surface area contributed by atoms with Crippen molar-refractivity contribution in [2.24, 2.45) is 16.1 Å². The fourth-order valence-electron chi connectivity index (χ4n) is 4.54. The summed E-state index contributed by atoms with van der Waals surface area (Å²) in [5.74, 6) is -3.94. The molecule has 0 spiro atoms. The molecule has 3 aliphatic heterocycles. The zero-order valence-electron chi connectivity index (χ0n) is 21.8. The summed E-state index contributed by atoms with van der Waals surface area (Å²) in [5.41, 5.74) is 0.477. The van der Waals surface area contributed by atoms with Gasteiger partial charge in [0.25, 0.3) is 5.91 Å². The van der Waals surface area contributed by atoms with Crippen LogP contribution < -0.4 is 4.90 Å². The van der Waals surface area contributed by atoms with Crippen LogP contribution in [0.4, 0.5) is 19.0 Å². The summed E-state index contributed by atoms with van der Waals surface area (Å²) in [7, 11) is 0. The first kappa shape index (κ1) is 29.4. The Morgan fingerprint density at radius 1 is 1.18 bits per heavy atom. The number of nitriles is 1. The molecule has 0 bridgehead atoms. The molecule has 15 heteroatoms. The van der Waals surface area contributed by atoms with E-state index in [1.165, 1.54) is 6.20 Å². The maximum atomic E-state index is 13.5. The highest BCUT2D eigenvalue weighted by Crippen LogP contribution is 2.36. The van der Waals surface area contributed by atoms with Crippen LogP contribution in [0.25, 0.3) is 0 Å². The van der Waals surface area contributed by atoms with Gasteiger partial charge in [0, 0.05) is 52.0 Å². The zero-order chi connectivity index (χ0) is 28.5. The van der Waals surface area contributed by atoms with Crippen molar-refractivity contribution in [3.05, 3.63) is 35.9 Å². The van der Waals surface area contributed by atoms with Gasteiger partial charge in [-0.1, -0.05) is 0 Å². The number of hydrogen-bond donors (Lipinski definition) is 0. The van der Waals surface area contributed by atoms with Gasteiger partial charge < -0.3 is 24.0 Å². The second-order valence-corrected chi connectivity index (χ2v) is 9.42. The lowest BCUT2D eigenvalue weighted by molar-refractivity contribution is -0.184. The van der Waals surface area contributed by atoms with E-state index in [-0.39, 0.29) is 32.1 Å². The Bertz CT molecular complexity index is 1130. The molecular formula is C25H30F3N7O5. The molecule has 2 atom stereocenters.